The van der Waals surface area contributed by atoms with Crippen molar-refractivity contribution in [1.29, 1.82) is 0 Å². The Hall–Kier alpha value is -0.810. The van der Waals surface area contributed by atoms with Crippen LogP contribution in [0.5, 0.6) is 0 Å². The van der Waals surface area contributed by atoms with Gasteiger partial charge in [-0.1, -0.05) is 20.8 Å². The number of thiazole rings is 1. The Morgan fingerprint density at radius 3 is 2.82 bits per heavy atom. The first kappa shape index (κ1) is 14.3. The molecule has 0 atom stereocenters. The minimum atomic E-state index is -0.919. The van der Waals surface area contributed by atoms with Crippen molar-refractivity contribution in [1.82, 2.24) is 4.98 Å². The second-order valence-electron chi connectivity index (χ2n) is 3.82. The number of carboxylic acids is 1. The van der Waals surface area contributed by atoms with Crippen molar-refractivity contribution in [2.75, 3.05) is 5.75 Å². The molecule has 0 spiro atoms. The van der Waals surface area contributed by atoms with Crippen molar-refractivity contribution in [3.05, 3.63) is 21.7 Å². The van der Waals surface area contributed by atoms with Gasteiger partial charge >= 0.3 is 5.97 Å². The van der Waals surface area contributed by atoms with Crippen LogP contribution in [0.25, 0.3) is 6.08 Å². The molecule has 0 amide bonds. The molecule has 1 heterocycles. The minimum absolute atomic E-state index is 0.320. The topological polar surface area (TPSA) is 50.2 Å². The van der Waals surface area contributed by atoms with Gasteiger partial charge in [-0.05, 0) is 17.7 Å². The van der Waals surface area contributed by atoms with Gasteiger partial charge in [0.1, 0.15) is 5.01 Å². The van der Waals surface area contributed by atoms with Gasteiger partial charge in [-0.3, -0.25) is 0 Å². The van der Waals surface area contributed by atoms with Gasteiger partial charge in [0.2, 0.25) is 0 Å². The van der Waals surface area contributed by atoms with Gasteiger partial charge in [0.15, 0.2) is 0 Å². The molecule has 1 N–H and O–H groups in total. The van der Waals surface area contributed by atoms with Crippen LogP contribution in [0.4, 0.5) is 0 Å². The Morgan fingerprint density at radius 1 is 1.59 bits per heavy atom. The average molecular weight is 271 g/mol. The van der Waals surface area contributed by atoms with E-state index in [1.165, 1.54) is 6.08 Å². The third kappa shape index (κ3) is 4.52. The van der Waals surface area contributed by atoms with E-state index in [1.807, 2.05) is 11.8 Å². The van der Waals surface area contributed by atoms with Crippen molar-refractivity contribution in [2.24, 2.45) is 0 Å². The molecule has 3 nitrogen and oxygen atoms in total. The molecule has 17 heavy (non-hydrogen) atoms. The molecule has 0 saturated heterocycles. The summed E-state index contributed by atoms with van der Waals surface area (Å²) in [4.78, 5) is 16.1. The van der Waals surface area contributed by atoms with E-state index in [0.717, 1.165) is 27.1 Å². The van der Waals surface area contributed by atoms with E-state index in [2.05, 4.69) is 25.8 Å². The Morgan fingerprint density at radius 2 is 2.29 bits per heavy atom. The summed E-state index contributed by atoms with van der Waals surface area (Å²) < 4.78 is 0. The van der Waals surface area contributed by atoms with E-state index < -0.39 is 5.97 Å². The number of thioether (sulfide) groups is 1. The number of carboxylic acid groups (broad SMARTS) is 1. The Kier molecular flexibility index (Phi) is 5.71. The van der Waals surface area contributed by atoms with Gasteiger partial charge in [-0.2, -0.15) is 11.8 Å². The van der Waals surface area contributed by atoms with Crippen LogP contribution in [0.2, 0.25) is 0 Å². The van der Waals surface area contributed by atoms with Crippen molar-refractivity contribution >= 4 is 35.1 Å². The minimum Gasteiger partial charge on any atom is -0.478 e. The fraction of sp³-hybridized carbons (Fsp3) is 0.500. The molecule has 1 aromatic rings. The molecule has 0 aromatic carbocycles. The van der Waals surface area contributed by atoms with Crippen LogP contribution in [0.3, 0.4) is 0 Å². The van der Waals surface area contributed by atoms with Gasteiger partial charge in [-0.15, -0.1) is 11.3 Å². The maximum Gasteiger partial charge on any atom is 0.328 e. The summed E-state index contributed by atoms with van der Waals surface area (Å²) in [7, 11) is 0. The highest BCUT2D eigenvalue weighted by Gasteiger charge is 2.12. The summed E-state index contributed by atoms with van der Waals surface area (Å²) in [5, 5.41) is 9.72. The van der Waals surface area contributed by atoms with Crippen LogP contribution in [-0.4, -0.2) is 21.8 Å². The van der Waals surface area contributed by atoms with Gasteiger partial charge < -0.3 is 5.11 Å². The predicted octanol–water partition coefficient (Wildman–Crippen LogP) is 3.62. The number of hydrogen-bond donors (Lipinski definition) is 1. The molecule has 0 aliphatic heterocycles. The lowest BCUT2D eigenvalue weighted by molar-refractivity contribution is -0.131. The second-order valence-corrected chi connectivity index (χ2v) is 6.21. The fourth-order valence-corrected chi connectivity index (χ4v) is 3.17. The standard InChI is InChI=1S/C12H17NO2S2/c1-4-16-7-10-13-12(8(2)3)9(17-10)5-6-11(14)15/h5-6,8H,4,7H2,1-3H3,(H,14,15)/b6-5+. The van der Waals surface area contributed by atoms with Gasteiger partial charge in [0.05, 0.1) is 10.6 Å². The zero-order valence-corrected chi connectivity index (χ0v) is 11.9. The van der Waals surface area contributed by atoms with E-state index in [0.29, 0.717) is 5.92 Å². The molecule has 0 unspecified atom stereocenters. The second kappa shape index (κ2) is 6.81. The molecule has 0 aliphatic carbocycles. The summed E-state index contributed by atoms with van der Waals surface area (Å²) in [6, 6.07) is 0. The number of hydrogen-bond acceptors (Lipinski definition) is 4. The molecule has 0 aliphatic rings. The van der Waals surface area contributed by atoms with E-state index in [9.17, 15) is 4.79 Å². The maximum atomic E-state index is 10.5. The Balaban J connectivity index is 2.92. The fourth-order valence-electron chi connectivity index (χ4n) is 1.32. The smallest absolute Gasteiger partial charge is 0.328 e. The lowest BCUT2D eigenvalue weighted by Gasteiger charge is -2.00. The highest BCUT2D eigenvalue weighted by molar-refractivity contribution is 7.98. The van der Waals surface area contributed by atoms with Crippen molar-refractivity contribution in [3.63, 3.8) is 0 Å². The molecule has 1 aromatic heterocycles. The summed E-state index contributed by atoms with van der Waals surface area (Å²) in [6.45, 7) is 6.26. The number of rotatable bonds is 6. The largest absolute Gasteiger partial charge is 0.478 e. The van der Waals surface area contributed by atoms with Crippen LogP contribution in [0.15, 0.2) is 6.08 Å². The maximum absolute atomic E-state index is 10.5. The van der Waals surface area contributed by atoms with Crippen LogP contribution in [0, 0.1) is 0 Å². The number of aromatic nitrogens is 1. The van der Waals surface area contributed by atoms with Gasteiger partial charge in [0, 0.05) is 11.8 Å². The van der Waals surface area contributed by atoms with Gasteiger partial charge in [0.25, 0.3) is 0 Å². The average Bonchev–Trinajstić information content (AvgIpc) is 2.67. The highest BCUT2D eigenvalue weighted by atomic mass is 32.2. The normalized spacial score (nSPS) is 11.5. The summed E-state index contributed by atoms with van der Waals surface area (Å²) in [6.07, 6.45) is 2.82. The Bertz CT molecular complexity index is 411. The van der Waals surface area contributed by atoms with E-state index in [-0.39, 0.29) is 0 Å². The quantitative estimate of drug-likeness (QED) is 0.803. The number of nitrogens with zero attached hydrogens (tertiary/aromatic N) is 1. The first-order valence-electron chi connectivity index (χ1n) is 5.53. The molecule has 0 bridgehead atoms. The molecule has 5 heteroatoms. The zero-order chi connectivity index (χ0) is 12.8. The van der Waals surface area contributed by atoms with Crippen molar-refractivity contribution < 1.29 is 9.90 Å². The monoisotopic (exact) mass is 271 g/mol. The van der Waals surface area contributed by atoms with Crippen LogP contribution >= 0.6 is 23.1 Å². The third-order valence-corrected chi connectivity index (χ3v) is 4.18. The summed E-state index contributed by atoms with van der Waals surface area (Å²) in [5.74, 6) is 1.37. The van der Waals surface area contributed by atoms with Crippen molar-refractivity contribution in [2.45, 2.75) is 32.4 Å². The van der Waals surface area contributed by atoms with Crippen LogP contribution in [-0.2, 0) is 10.5 Å². The highest BCUT2D eigenvalue weighted by Crippen LogP contribution is 2.28. The first-order valence-corrected chi connectivity index (χ1v) is 7.50. The molecule has 0 fully saturated rings. The van der Waals surface area contributed by atoms with Crippen molar-refractivity contribution in [3.8, 4) is 0 Å². The van der Waals surface area contributed by atoms with E-state index in [4.69, 9.17) is 5.11 Å². The molecular formula is C12H17NO2S2. The van der Waals surface area contributed by atoms with Gasteiger partial charge in [-0.25, -0.2) is 9.78 Å². The SMILES string of the molecule is CCSCc1nc(C(C)C)c(/C=C/C(=O)O)s1. The van der Waals surface area contributed by atoms with E-state index >= 15 is 0 Å². The summed E-state index contributed by atoms with van der Waals surface area (Å²) >= 11 is 3.41. The Labute approximate surface area is 110 Å². The van der Waals surface area contributed by atoms with E-state index in [1.54, 1.807) is 17.4 Å². The molecule has 1 rings (SSSR count). The number of carbonyl (C=O) groups is 1. The molecular weight excluding hydrogens is 254 g/mol. The van der Waals surface area contributed by atoms with Crippen LogP contribution < -0.4 is 0 Å². The number of aliphatic carboxylic acids is 1. The lowest BCUT2D eigenvalue weighted by Crippen LogP contribution is -1.91. The molecule has 0 radical (unpaired) electrons. The lowest BCUT2D eigenvalue weighted by atomic mass is 10.1. The zero-order valence-electron chi connectivity index (χ0n) is 10.3. The summed E-state index contributed by atoms with van der Waals surface area (Å²) in [5.41, 5.74) is 0.999. The predicted molar refractivity (Wildman–Crippen MR) is 74.7 cm³/mol. The van der Waals surface area contributed by atoms with Crippen LogP contribution in [0.1, 0.15) is 42.3 Å². The molecule has 0 saturated carbocycles. The molecule has 94 valence electrons. The third-order valence-electron chi connectivity index (χ3n) is 2.08. The first-order chi connectivity index (χ1) is 8.04.